The summed E-state index contributed by atoms with van der Waals surface area (Å²) in [7, 11) is 0. The van der Waals surface area contributed by atoms with Gasteiger partial charge in [0.15, 0.2) is 0 Å². The Labute approximate surface area is 114 Å². The average molecular weight is 284 g/mol. The number of carboxylic acid groups (broad SMARTS) is 1. The summed E-state index contributed by atoms with van der Waals surface area (Å²) in [5.74, 6) is -1.05. The highest BCUT2D eigenvalue weighted by Gasteiger charge is 2.16. The van der Waals surface area contributed by atoms with Gasteiger partial charge in [0.05, 0.1) is 11.7 Å². The topological polar surface area (TPSA) is 87.7 Å². The van der Waals surface area contributed by atoms with E-state index >= 15 is 0 Å². The van der Waals surface area contributed by atoms with Gasteiger partial charge in [-0.15, -0.1) is 11.3 Å². The maximum atomic E-state index is 11.7. The van der Waals surface area contributed by atoms with Crippen LogP contribution >= 0.6 is 11.3 Å². The van der Waals surface area contributed by atoms with Crippen LogP contribution in [0.3, 0.4) is 0 Å². The van der Waals surface area contributed by atoms with Crippen LogP contribution in [0.4, 0.5) is 9.80 Å². The minimum atomic E-state index is -1.05. The molecule has 1 aromatic rings. The zero-order valence-corrected chi connectivity index (χ0v) is 11.2. The zero-order valence-electron chi connectivity index (χ0n) is 10.3. The van der Waals surface area contributed by atoms with Crippen molar-refractivity contribution in [2.45, 2.75) is 25.4 Å². The molecule has 6 nitrogen and oxygen atoms in total. The number of nitrogens with one attached hydrogen (secondary N) is 2. The largest absolute Gasteiger partial charge is 0.478 e. The van der Waals surface area contributed by atoms with E-state index in [9.17, 15) is 9.59 Å². The first-order chi connectivity index (χ1) is 9.16. The number of aromatic carboxylic acids is 1. The molecule has 0 spiro atoms. The predicted molar refractivity (Wildman–Crippen MR) is 71.9 cm³/mol. The van der Waals surface area contributed by atoms with Crippen LogP contribution in [0.15, 0.2) is 11.4 Å². The van der Waals surface area contributed by atoms with Crippen LogP contribution in [0.1, 0.15) is 29.6 Å². The maximum absolute atomic E-state index is 11.7. The van der Waals surface area contributed by atoms with Crippen molar-refractivity contribution in [3.05, 3.63) is 17.0 Å². The van der Waals surface area contributed by atoms with Gasteiger partial charge in [-0.05, 0) is 30.7 Å². The highest BCUT2D eigenvalue weighted by Crippen LogP contribution is 2.22. The Morgan fingerprint density at radius 3 is 3.00 bits per heavy atom. The van der Waals surface area contributed by atoms with Crippen molar-refractivity contribution in [1.82, 2.24) is 5.32 Å². The molecule has 19 heavy (non-hydrogen) atoms. The molecule has 0 bridgehead atoms. The fourth-order valence-electron chi connectivity index (χ4n) is 1.90. The third-order valence-corrected chi connectivity index (χ3v) is 3.72. The zero-order chi connectivity index (χ0) is 13.7. The Morgan fingerprint density at radius 1 is 1.47 bits per heavy atom. The highest BCUT2D eigenvalue weighted by atomic mass is 32.1. The Kier molecular flexibility index (Phi) is 4.75. The third-order valence-electron chi connectivity index (χ3n) is 2.89. The van der Waals surface area contributed by atoms with Crippen LogP contribution < -0.4 is 10.6 Å². The van der Waals surface area contributed by atoms with Gasteiger partial charge in [0.25, 0.3) is 0 Å². The van der Waals surface area contributed by atoms with Crippen molar-refractivity contribution in [2.75, 3.05) is 18.5 Å². The monoisotopic (exact) mass is 284 g/mol. The second-order valence-electron chi connectivity index (χ2n) is 4.29. The summed E-state index contributed by atoms with van der Waals surface area (Å²) >= 11 is 1.18. The normalized spacial score (nSPS) is 18.8. The lowest BCUT2D eigenvalue weighted by molar-refractivity contribution is 0.0187. The van der Waals surface area contributed by atoms with Crippen LogP contribution in [0.25, 0.3) is 0 Å². The molecular formula is C12H16N2O4S. The van der Waals surface area contributed by atoms with E-state index in [1.54, 1.807) is 5.38 Å². The lowest BCUT2D eigenvalue weighted by Gasteiger charge is -2.22. The summed E-state index contributed by atoms with van der Waals surface area (Å²) in [6.45, 7) is 1.18. The Hall–Kier alpha value is -1.60. The molecule has 2 heterocycles. The molecule has 0 aliphatic carbocycles. The summed E-state index contributed by atoms with van der Waals surface area (Å²) in [5, 5.41) is 16.1. The van der Waals surface area contributed by atoms with Gasteiger partial charge in [-0.25, -0.2) is 9.59 Å². The number of hydrogen-bond donors (Lipinski definition) is 3. The predicted octanol–water partition coefficient (Wildman–Crippen LogP) is 2.14. The first-order valence-corrected chi connectivity index (χ1v) is 7.02. The average Bonchev–Trinajstić information content (AvgIpc) is 2.86. The molecule has 1 unspecified atom stereocenters. The number of amides is 2. The summed E-state index contributed by atoms with van der Waals surface area (Å²) < 4.78 is 5.49. The van der Waals surface area contributed by atoms with Gasteiger partial charge >= 0.3 is 12.0 Å². The van der Waals surface area contributed by atoms with Gasteiger partial charge in [-0.3, -0.25) is 5.32 Å². The molecule has 0 saturated carbocycles. The van der Waals surface area contributed by atoms with Gasteiger partial charge in [0.2, 0.25) is 0 Å². The SMILES string of the molecule is O=C(NCC1CCCCO1)Nc1sccc1C(=O)O. The minimum absolute atomic E-state index is 0.0572. The highest BCUT2D eigenvalue weighted by molar-refractivity contribution is 7.14. The van der Waals surface area contributed by atoms with Crippen molar-refractivity contribution in [2.24, 2.45) is 0 Å². The molecular weight excluding hydrogens is 268 g/mol. The van der Waals surface area contributed by atoms with Crippen LogP contribution in [0.5, 0.6) is 0 Å². The number of carbonyl (C=O) groups is 2. The van der Waals surface area contributed by atoms with Crippen LogP contribution in [-0.2, 0) is 4.74 Å². The summed E-state index contributed by atoms with van der Waals surface area (Å²) in [6.07, 6.45) is 3.18. The maximum Gasteiger partial charge on any atom is 0.338 e. The fraction of sp³-hybridized carbons (Fsp3) is 0.500. The van der Waals surface area contributed by atoms with Gasteiger partial charge in [0.1, 0.15) is 5.00 Å². The summed E-state index contributed by atoms with van der Waals surface area (Å²) in [6, 6.07) is 1.06. The molecule has 1 fully saturated rings. The number of rotatable bonds is 4. The van der Waals surface area contributed by atoms with Crippen LogP contribution in [-0.4, -0.2) is 36.4 Å². The molecule has 3 N–H and O–H groups in total. The number of thiophene rings is 1. The molecule has 1 aromatic heterocycles. The summed E-state index contributed by atoms with van der Waals surface area (Å²) in [4.78, 5) is 22.5. The summed E-state index contributed by atoms with van der Waals surface area (Å²) in [5.41, 5.74) is 0.106. The molecule has 2 amide bonds. The van der Waals surface area contributed by atoms with E-state index in [1.807, 2.05) is 0 Å². The van der Waals surface area contributed by atoms with E-state index in [0.29, 0.717) is 11.5 Å². The Balaban J connectivity index is 1.80. The lowest BCUT2D eigenvalue weighted by Crippen LogP contribution is -2.37. The Bertz CT molecular complexity index is 454. The number of carboxylic acids is 1. The van der Waals surface area contributed by atoms with E-state index < -0.39 is 12.0 Å². The van der Waals surface area contributed by atoms with Crippen LogP contribution in [0, 0.1) is 0 Å². The van der Waals surface area contributed by atoms with Gasteiger partial charge in [-0.1, -0.05) is 0 Å². The first-order valence-electron chi connectivity index (χ1n) is 6.14. The molecule has 1 aliphatic heterocycles. The molecule has 0 aromatic carbocycles. The molecule has 2 rings (SSSR count). The van der Waals surface area contributed by atoms with Crippen molar-refractivity contribution in [3.63, 3.8) is 0 Å². The minimum Gasteiger partial charge on any atom is -0.478 e. The fourth-order valence-corrected chi connectivity index (χ4v) is 2.67. The van der Waals surface area contributed by atoms with E-state index in [4.69, 9.17) is 9.84 Å². The molecule has 104 valence electrons. The van der Waals surface area contributed by atoms with E-state index in [1.165, 1.54) is 17.4 Å². The number of urea groups is 1. The molecule has 0 radical (unpaired) electrons. The third kappa shape index (κ3) is 3.93. The lowest BCUT2D eigenvalue weighted by atomic mass is 10.1. The van der Waals surface area contributed by atoms with E-state index in [-0.39, 0.29) is 11.7 Å². The van der Waals surface area contributed by atoms with Crippen LogP contribution in [0.2, 0.25) is 0 Å². The standard InChI is InChI=1S/C12H16N2O4S/c15-11(16)9-4-6-19-10(9)14-12(17)13-7-8-3-1-2-5-18-8/h4,6,8H,1-3,5,7H2,(H,15,16)(H2,13,14,17). The van der Waals surface area contributed by atoms with Crippen molar-refractivity contribution < 1.29 is 19.4 Å². The second-order valence-corrected chi connectivity index (χ2v) is 5.21. The Morgan fingerprint density at radius 2 is 2.32 bits per heavy atom. The smallest absolute Gasteiger partial charge is 0.338 e. The second kappa shape index (κ2) is 6.53. The van der Waals surface area contributed by atoms with E-state index in [0.717, 1.165) is 25.9 Å². The quantitative estimate of drug-likeness (QED) is 0.790. The van der Waals surface area contributed by atoms with Crippen molar-refractivity contribution >= 4 is 28.3 Å². The number of hydrogen-bond acceptors (Lipinski definition) is 4. The van der Waals surface area contributed by atoms with Gasteiger partial charge in [-0.2, -0.15) is 0 Å². The van der Waals surface area contributed by atoms with Gasteiger partial charge in [0, 0.05) is 13.2 Å². The molecule has 7 heteroatoms. The molecule has 1 saturated heterocycles. The molecule has 1 atom stereocenters. The number of carbonyl (C=O) groups excluding carboxylic acids is 1. The van der Waals surface area contributed by atoms with Gasteiger partial charge < -0.3 is 15.2 Å². The van der Waals surface area contributed by atoms with Crippen molar-refractivity contribution in [3.8, 4) is 0 Å². The van der Waals surface area contributed by atoms with E-state index in [2.05, 4.69) is 10.6 Å². The number of ether oxygens (including phenoxy) is 1. The number of anilines is 1. The first kappa shape index (κ1) is 13.8. The molecule has 1 aliphatic rings. The van der Waals surface area contributed by atoms with Crippen molar-refractivity contribution in [1.29, 1.82) is 0 Å².